The molecule has 0 bridgehead atoms. The molecule has 0 fully saturated rings. The van der Waals surface area contributed by atoms with Gasteiger partial charge < -0.3 is 5.73 Å². The van der Waals surface area contributed by atoms with Gasteiger partial charge in [-0.1, -0.05) is 13.8 Å². The summed E-state index contributed by atoms with van der Waals surface area (Å²) in [5.74, 6) is 2.02. The standard InChI is InChI=1S/C9H18N4/c1-4-5-8-11-9(13-12-8)6(2)7(3)10/h6-7H,4-5,10H2,1-3H3,(H,11,12,13). The lowest BCUT2D eigenvalue weighted by molar-refractivity contribution is 0.583. The van der Waals surface area contributed by atoms with Crippen molar-refractivity contribution in [1.82, 2.24) is 15.2 Å². The number of nitrogens with one attached hydrogen (secondary N) is 1. The van der Waals surface area contributed by atoms with Crippen molar-refractivity contribution in [3.8, 4) is 0 Å². The molecule has 0 aliphatic carbocycles. The monoisotopic (exact) mass is 182 g/mol. The summed E-state index contributed by atoms with van der Waals surface area (Å²) < 4.78 is 0. The zero-order valence-electron chi connectivity index (χ0n) is 8.54. The molecule has 1 heterocycles. The van der Waals surface area contributed by atoms with E-state index in [9.17, 15) is 0 Å². The number of H-pyrrole nitrogens is 1. The van der Waals surface area contributed by atoms with Gasteiger partial charge in [0.2, 0.25) is 0 Å². The van der Waals surface area contributed by atoms with E-state index in [0.29, 0.717) is 0 Å². The Morgan fingerprint density at radius 3 is 2.69 bits per heavy atom. The maximum Gasteiger partial charge on any atom is 0.155 e. The van der Waals surface area contributed by atoms with Crippen LogP contribution in [-0.4, -0.2) is 21.2 Å². The normalized spacial score (nSPS) is 15.7. The van der Waals surface area contributed by atoms with Crippen molar-refractivity contribution in [3.63, 3.8) is 0 Å². The number of nitrogens with two attached hydrogens (primary N) is 1. The molecule has 0 aliphatic heterocycles. The van der Waals surface area contributed by atoms with Crippen LogP contribution >= 0.6 is 0 Å². The SMILES string of the molecule is CCCc1nc(C(C)C(C)N)n[nH]1. The fraction of sp³-hybridized carbons (Fsp3) is 0.778. The molecule has 3 N–H and O–H groups in total. The Bertz CT molecular complexity index is 254. The molecular formula is C9H18N4. The molecule has 1 rings (SSSR count). The van der Waals surface area contributed by atoms with E-state index in [0.717, 1.165) is 24.5 Å². The Hall–Kier alpha value is -0.900. The Kier molecular flexibility index (Phi) is 3.42. The molecule has 1 aromatic heterocycles. The number of nitrogens with zero attached hydrogens (tertiary/aromatic N) is 2. The van der Waals surface area contributed by atoms with Gasteiger partial charge in [0.15, 0.2) is 5.82 Å². The van der Waals surface area contributed by atoms with E-state index in [1.54, 1.807) is 0 Å². The topological polar surface area (TPSA) is 67.6 Å². The summed E-state index contributed by atoms with van der Waals surface area (Å²) in [6.07, 6.45) is 2.04. The third-order valence-corrected chi connectivity index (χ3v) is 2.23. The number of hydrogen-bond donors (Lipinski definition) is 2. The minimum Gasteiger partial charge on any atom is -0.327 e. The molecule has 0 saturated heterocycles. The molecule has 13 heavy (non-hydrogen) atoms. The van der Waals surface area contributed by atoms with Gasteiger partial charge in [0.25, 0.3) is 0 Å². The van der Waals surface area contributed by atoms with Crippen LogP contribution in [0.25, 0.3) is 0 Å². The van der Waals surface area contributed by atoms with Gasteiger partial charge in [-0.05, 0) is 13.3 Å². The van der Waals surface area contributed by atoms with Crippen LogP contribution in [0.4, 0.5) is 0 Å². The second-order valence-corrected chi connectivity index (χ2v) is 3.54. The van der Waals surface area contributed by atoms with Crippen LogP contribution < -0.4 is 5.73 Å². The quantitative estimate of drug-likeness (QED) is 0.735. The van der Waals surface area contributed by atoms with Crippen LogP contribution in [0.2, 0.25) is 0 Å². The van der Waals surface area contributed by atoms with Crippen molar-refractivity contribution in [2.24, 2.45) is 5.73 Å². The smallest absolute Gasteiger partial charge is 0.155 e. The molecular weight excluding hydrogens is 164 g/mol. The van der Waals surface area contributed by atoms with Crippen molar-refractivity contribution in [1.29, 1.82) is 0 Å². The summed E-state index contributed by atoms with van der Waals surface area (Å²) in [5.41, 5.74) is 5.76. The third-order valence-electron chi connectivity index (χ3n) is 2.23. The van der Waals surface area contributed by atoms with Gasteiger partial charge in [0, 0.05) is 18.4 Å². The molecule has 0 amide bonds. The highest BCUT2D eigenvalue weighted by atomic mass is 15.2. The summed E-state index contributed by atoms with van der Waals surface area (Å²) >= 11 is 0. The van der Waals surface area contributed by atoms with Gasteiger partial charge in [-0.15, -0.1) is 0 Å². The Morgan fingerprint density at radius 1 is 1.46 bits per heavy atom. The average molecular weight is 182 g/mol. The summed E-state index contributed by atoms with van der Waals surface area (Å²) in [7, 11) is 0. The average Bonchev–Trinajstić information content (AvgIpc) is 2.52. The van der Waals surface area contributed by atoms with Crippen molar-refractivity contribution >= 4 is 0 Å². The molecule has 0 aromatic carbocycles. The lowest BCUT2D eigenvalue weighted by Crippen LogP contribution is -2.23. The first kappa shape index (κ1) is 10.2. The van der Waals surface area contributed by atoms with Crippen LogP contribution in [-0.2, 0) is 6.42 Å². The highest BCUT2D eigenvalue weighted by molar-refractivity contribution is 4.99. The highest BCUT2D eigenvalue weighted by Crippen LogP contribution is 2.13. The van der Waals surface area contributed by atoms with Crippen LogP contribution in [0.15, 0.2) is 0 Å². The fourth-order valence-corrected chi connectivity index (χ4v) is 1.10. The van der Waals surface area contributed by atoms with Gasteiger partial charge in [0.1, 0.15) is 5.82 Å². The second-order valence-electron chi connectivity index (χ2n) is 3.54. The maximum absolute atomic E-state index is 5.76. The predicted octanol–water partition coefficient (Wildman–Crippen LogP) is 1.21. The van der Waals surface area contributed by atoms with Gasteiger partial charge in [-0.25, -0.2) is 4.98 Å². The Labute approximate surface area is 78.9 Å². The van der Waals surface area contributed by atoms with Gasteiger partial charge in [0.05, 0.1) is 0 Å². The summed E-state index contributed by atoms with van der Waals surface area (Å²) in [5, 5.41) is 7.07. The van der Waals surface area contributed by atoms with Crippen LogP contribution in [0.5, 0.6) is 0 Å². The minimum absolute atomic E-state index is 0.102. The predicted molar refractivity (Wildman–Crippen MR) is 52.4 cm³/mol. The molecule has 4 heteroatoms. The van der Waals surface area contributed by atoms with E-state index in [4.69, 9.17) is 5.73 Å². The number of aromatic nitrogens is 3. The van der Waals surface area contributed by atoms with Gasteiger partial charge in [-0.2, -0.15) is 5.10 Å². The third kappa shape index (κ3) is 2.52. The van der Waals surface area contributed by atoms with Gasteiger partial charge in [-0.3, -0.25) is 5.10 Å². The first-order valence-corrected chi connectivity index (χ1v) is 4.82. The highest BCUT2D eigenvalue weighted by Gasteiger charge is 2.14. The van der Waals surface area contributed by atoms with E-state index in [-0.39, 0.29) is 12.0 Å². The van der Waals surface area contributed by atoms with E-state index in [1.807, 2.05) is 13.8 Å². The number of rotatable bonds is 4. The molecule has 74 valence electrons. The maximum atomic E-state index is 5.76. The van der Waals surface area contributed by atoms with Crippen LogP contribution in [0.3, 0.4) is 0 Å². The molecule has 2 unspecified atom stereocenters. The second kappa shape index (κ2) is 4.37. The first-order valence-electron chi connectivity index (χ1n) is 4.82. The lowest BCUT2D eigenvalue weighted by Gasteiger charge is -2.10. The number of aromatic amines is 1. The summed E-state index contributed by atoms with van der Waals surface area (Å²) in [4.78, 5) is 4.37. The molecule has 2 atom stereocenters. The van der Waals surface area contributed by atoms with Crippen LogP contribution in [0.1, 0.15) is 44.8 Å². The molecule has 0 radical (unpaired) electrons. The van der Waals surface area contributed by atoms with Crippen molar-refractivity contribution in [2.75, 3.05) is 0 Å². The minimum atomic E-state index is 0.102. The largest absolute Gasteiger partial charge is 0.327 e. The van der Waals surface area contributed by atoms with Crippen LogP contribution in [0, 0.1) is 0 Å². The lowest BCUT2D eigenvalue weighted by atomic mass is 10.0. The number of hydrogen-bond acceptors (Lipinski definition) is 3. The Morgan fingerprint density at radius 2 is 2.15 bits per heavy atom. The summed E-state index contributed by atoms with van der Waals surface area (Å²) in [6, 6.07) is 0.102. The van der Waals surface area contributed by atoms with Gasteiger partial charge >= 0.3 is 0 Å². The Balaban J connectivity index is 2.67. The molecule has 0 saturated carbocycles. The zero-order chi connectivity index (χ0) is 9.84. The molecule has 4 nitrogen and oxygen atoms in total. The first-order chi connectivity index (χ1) is 6.15. The van der Waals surface area contributed by atoms with E-state index < -0.39 is 0 Å². The molecule has 1 aromatic rings. The zero-order valence-corrected chi connectivity index (χ0v) is 8.54. The van der Waals surface area contributed by atoms with Crippen molar-refractivity contribution in [2.45, 2.75) is 45.6 Å². The van der Waals surface area contributed by atoms with Crippen molar-refractivity contribution in [3.05, 3.63) is 11.6 Å². The summed E-state index contributed by atoms with van der Waals surface area (Å²) in [6.45, 7) is 6.14. The van der Waals surface area contributed by atoms with Crippen molar-refractivity contribution < 1.29 is 0 Å². The molecule has 0 aliphatic rings. The van der Waals surface area contributed by atoms with E-state index in [1.165, 1.54) is 0 Å². The van der Waals surface area contributed by atoms with E-state index in [2.05, 4.69) is 22.1 Å². The molecule has 0 spiro atoms. The van der Waals surface area contributed by atoms with E-state index >= 15 is 0 Å². The number of aryl methyl sites for hydroxylation is 1. The fourth-order valence-electron chi connectivity index (χ4n) is 1.10.